The molecule has 2 aromatic rings. The van der Waals surface area contributed by atoms with Crippen LogP contribution in [0.1, 0.15) is 26.5 Å². The second-order valence-electron chi connectivity index (χ2n) is 6.22. The lowest BCUT2D eigenvalue weighted by Crippen LogP contribution is -2.30. The lowest BCUT2D eigenvalue weighted by molar-refractivity contribution is -0.141. The maximum atomic E-state index is 13.2. The van der Waals surface area contributed by atoms with E-state index in [9.17, 15) is 18.3 Å². The van der Waals surface area contributed by atoms with Crippen LogP contribution in [-0.4, -0.2) is 34.3 Å². The molecular formula is C18H23F3N4O2. The van der Waals surface area contributed by atoms with E-state index >= 15 is 0 Å². The third-order valence-electron chi connectivity index (χ3n) is 3.77. The lowest BCUT2D eigenvalue weighted by Gasteiger charge is -2.21. The summed E-state index contributed by atoms with van der Waals surface area (Å²) < 4.78 is 44.9. The van der Waals surface area contributed by atoms with E-state index in [0.717, 1.165) is 6.07 Å². The molecule has 1 aromatic heterocycles. The fourth-order valence-corrected chi connectivity index (χ4v) is 2.26. The second-order valence-corrected chi connectivity index (χ2v) is 6.22. The van der Waals surface area contributed by atoms with Crippen molar-refractivity contribution in [1.82, 2.24) is 9.97 Å². The predicted molar refractivity (Wildman–Crippen MR) is 97.3 cm³/mol. The third kappa shape index (κ3) is 5.99. The van der Waals surface area contributed by atoms with Gasteiger partial charge in [0.05, 0.1) is 19.3 Å². The summed E-state index contributed by atoms with van der Waals surface area (Å²) in [5.41, 5.74) is -0.521. The molecule has 2 rings (SSSR count). The average Bonchev–Trinajstić information content (AvgIpc) is 2.60. The van der Waals surface area contributed by atoms with Crippen molar-refractivity contribution in [3.05, 3.63) is 36.0 Å². The number of anilines is 3. The number of hydrogen-bond donors (Lipinski definition) is 3. The first-order valence-corrected chi connectivity index (χ1v) is 8.56. The molecule has 0 aliphatic rings. The molecule has 0 aliphatic heterocycles. The van der Waals surface area contributed by atoms with Gasteiger partial charge in [0.15, 0.2) is 5.69 Å². The minimum atomic E-state index is -4.62. The fourth-order valence-electron chi connectivity index (χ4n) is 2.26. The van der Waals surface area contributed by atoms with E-state index < -0.39 is 17.9 Å². The first kappa shape index (κ1) is 20.8. The van der Waals surface area contributed by atoms with Gasteiger partial charge in [-0.05, 0) is 37.1 Å². The van der Waals surface area contributed by atoms with Gasteiger partial charge < -0.3 is 20.5 Å². The monoisotopic (exact) mass is 384 g/mol. The van der Waals surface area contributed by atoms with Crippen LogP contribution in [0.4, 0.5) is 30.6 Å². The van der Waals surface area contributed by atoms with Crippen molar-refractivity contribution in [3.63, 3.8) is 0 Å². The van der Waals surface area contributed by atoms with Gasteiger partial charge in [0.2, 0.25) is 5.95 Å². The van der Waals surface area contributed by atoms with Crippen molar-refractivity contribution in [1.29, 1.82) is 0 Å². The summed E-state index contributed by atoms with van der Waals surface area (Å²) in [6.45, 7) is 5.79. The number of aliphatic hydroxyl groups is 1. The number of halogens is 3. The summed E-state index contributed by atoms with van der Waals surface area (Å²) in [7, 11) is 0. The smallest absolute Gasteiger partial charge is 0.433 e. The van der Waals surface area contributed by atoms with Gasteiger partial charge in [-0.2, -0.15) is 18.2 Å². The van der Waals surface area contributed by atoms with Gasteiger partial charge in [-0.25, -0.2) is 4.98 Å². The Labute approximate surface area is 155 Å². The molecule has 0 unspecified atom stereocenters. The van der Waals surface area contributed by atoms with Crippen LogP contribution >= 0.6 is 0 Å². The molecule has 0 fully saturated rings. The second kappa shape index (κ2) is 8.90. The Bertz CT molecular complexity index is 736. The standard InChI is InChI=1S/C18H23F3N4O2/c1-4-27-13-7-5-12(6-8-13)22-16-9-15(18(19,20)21)24-17(25-16)23-14(10-26)11(2)3/h5-9,11,14,26H,4,10H2,1-3H3,(H2,22,23,24,25)/t14-/m0/s1. The molecule has 27 heavy (non-hydrogen) atoms. The van der Waals surface area contributed by atoms with Gasteiger partial charge in [0.25, 0.3) is 0 Å². The SMILES string of the molecule is CCOc1ccc(Nc2cc(C(F)(F)F)nc(N[C@@H](CO)C(C)C)n2)cc1. The number of rotatable bonds is 8. The summed E-state index contributed by atoms with van der Waals surface area (Å²) in [6, 6.07) is 7.14. The number of aromatic nitrogens is 2. The lowest BCUT2D eigenvalue weighted by atomic mass is 10.1. The van der Waals surface area contributed by atoms with Crippen molar-refractivity contribution in [2.45, 2.75) is 33.0 Å². The van der Waals surface area contributed by atoms with E-state index in [1.165, 1.54) is 0 Å². The Kier molecular flexibility index (Phi) is 6.84. The molecule has 6 nitrogen and oxygen atoms in total. The van der Waals surface area contributed by atoms with Gasteiger partial charge in [-0.1, -0.05) is 13.8 Å². The number of aliphatic hydroxyl groups excluding tert-OH is 1. The molecule has 1 aromatic carbocycles. The van der Waals surface area contributed by atoms with E-state index in [0.29, 0.717) is 18.0 Å². The normalized spacial score (nSPS) is 12.7. The highest BCUT2D eigenvalue weighted by atomic mass is 19.4. The van der Waals surface area contributed by atoms with Crippen molar-refractivity contribution in [3.8, 4) is 5.75 Å². The first-order valence-electron chi connectivity index (χ1n) is 8.56. The molecule has 1 atom stereocenters. The Morgan fingerprint density at radius 3 is 2.33 bits per heavy atom. The van der Waals surface area contributed by atoms with Crippen LogP contribution in [0, 0.1) is 5.92 Å². The molecule has 148 valence electrons. The molecule has 0 aliphatic carbocycles. The van der Waals surface area contributed by atoms with Crippen LogP contribution in [0.15, 0.2) is 30.3 Å². The van der Waals surface area contributed by atoms with E-state index in [-0.39, 0.29) is 24.3 Å². The van der Waals surface area contributed by atoms with Crippen molar-refractivity contribution < 1.29 is 23.0 Å². The van der Waals surface area contributed by atoms with Crippen LogP contribution in [0.3, 0.4) is 0 Å². The van der Waals surface area contributed by atoms with Gasteiger partial charge in [0, 0.05) is 11.8 Å². The minimum Gasteiger partial charge on any atom is -0.494 e. The predicted octanol–water partition coefficient (Wildman–Crippen LogP) is 4.07. The third-order valence-corrected chi connectivity index (χ3v) is 3.77. The van der Waals surface area contributed by atoms with Gasteiger partial charge in [0.1, 0.15) is 11.6 Å². The minimum absolute atomic E-state index is 0.00979. The van der Waals surface area contributed by atoms with E-state index in [4.69, 9.17) is 4.74 Å². The highest BCUT2D eigenvalue weighted by Gasteiger charge is 2.34. The zero-order chi connectivity index (χ0) is 20.0. The maximum Gasteiger partial charge on any atom is 0.433 e. The van der Waals surface area contributed by atoms with Gasteiger partial charge in [-0.3, -0.25) is 0 Å². The number of hydrogen-bond acceptors (Lipinski definition) is 6. The van der Waals surface area contributed by atoms with E-state index in [1.54, 1.807) is 24.3 Å². The molecule has 3 N–H and O–H groups in total. The number of ether oxygens (including phenoxy) is 1. The van der Waals surface area contributed by atoms with Crippen molar-refractivity contribution >= 4 is 17.5 Å². The van der Waals surface area contributed by atoms with Crippen LogP contribution in [-0.2, 0) is 6.18 Å². The maximum absolute atomic E-state index is 13.2. The van der Waals surface area contributed by atoms with Gasteiger partial charge >= 0.3 is 6.18 Å². The highest BCUT2D eigenvalue weighted by Crippen LogP contribution is 2.31. The molecule has 1 heterocycles. The largest absolute Gasteiger partial charge is 0.494 e. The van der Waals surface area contributed by atoms with Crippen molar-refractivity contribution in [2.75, 3.05) is 23.8 Å². The summed E-state index contributed by atoms with van der Waals surface area (Å²) in [5.74, 6) is 0.429. The summed E-state index contributed by atoms with van der Waals surface area (Å²) >= 11 is 0. The van der Waals surface area contributed by atoms with E-state index in [2.05, 4.69) is 20.6 Å². The number of nitrogens with zero attached hydrogens (tertiary/aromatic N) is 2. The molecule has 0 spiro atoms. The Morgan fingerprint density at radius 1 is 1.15 bits per heavy atom. The molecule has 0 radical (unpaired) electrons. The number of alkyl halides is 3. The first-order chi connectivity index (χ1) is 12.7. The molecule has 0 amide bonds. The quantitative estimate of drug-likeness (QED) is 0.637. The Morgan fingerprint density at radius 2 is 1.81 bits per heavy atom. The van der Waals surface area contributed by atoms with Crippen molar-refractivity contribution in [2.24, 2.45) is 5.92 Å². The Balaban J connectivity index is 2.29. The zero-order valence-corrected chi connectivity index (χ0v) is 15.3. The number of benzene rings is 1. The Hall–Kier alpha value is -2.55. The molecule has 0 saturated heterocycles. The molecular weight excluding hydrogens is 361 g/mol. The van der Waals surface area contributed by atoms with Crippen LogP contribution in [0.2, 0.25) is 0 Å². The molecule has 0 saturated carbocycles. The van der Waals surface area contributed by atoms with Crippen LogP contribution in [0.5, 0.6) is 5.75 Å². The number of nitrogens with one attached hydrogen (secondary N) is 2. The zero-order valence-electron chi connectivity index (χ0n) is 15.3. The summed E-state index contributed by atoms with van der Waals surface area (Å²) in [4.78, 5) is 7.63. The van der Waals surface area contributed by atoms with E-state index in [1.807, 2.05) is 20.8 Å². The van der Waals surface area contributed by atoms with Crippen LogP contribution < -0.4 is 15.4 Å². The molecule has 0 bridgehead atoms. The topological polar surface area (TPSA) is 79.3 Å². The molecule has 9 heteroatoms. The van der Waals surface area contributed by atoms with Gasteiger partial charge in [-0.15, -0.1) is 0 Å². The summed E-state index contributed by atoms with van der Waals surface area (Å²) in [6.07, 6.45) is -4.62. The fraction of sp³-hybridized carbons (Fsp3) is 0.444. The van der Waals surface area contributed by atoms with Crippen LogP contribution in [0.25, 0.3) is 0 Å². The summed E-state index contributed by atoms with van der Waals surface area (Å²) in [5, 5.41) is 15.0. The highest BCUT2D eigenvalue weighted by molar-refractivity contribution is 5.58. The average molecular weight is 384 g/mol.